The van der Waals surface area contributed by atoms with Gasteiger partial charge in [0.05, 0.1) is 0 Å². The number of hydrogen-bond acceptors (Lipinski definition) is 2. The average molecular weight is 230 g/mol. The topological polar surface area (TPSA) is 30.7 Å². The van der Waals surface area contributed by atoms with Crippen molar-refractivity contribution in [1.82, 2.24) is 14.8 Å². The third kappa shape index (κ3) is 3.20. The van der Waals surface area contributed by atoms with Gasteiger partial charge in [-0.25, -0.2) is 0 Å². The zero-order valence-electron chi connectivity index (χ0n) is 10.4. The normalized spacial score (nSPS) is 13.3. The van der Waals surface area contributed by atoms with Crippen LogP contribution in [0.4, 0.5) is 0 Å². The van der Waals surface area contributed by atoms with Gasteiger partial charge in [0.25, 0.3) is 0 Å². The summed E-state index contributed by atoms with van der Waals surface area (Å²) in [7, 11) is 0. The Morgan fingerprint density at radius 3 is 2.00 bits per heavy atom. The largest absolute Gasteiger partial charge is 0.301 e. The van der Waals surface area contributed by atoms with E-state index in [2.05, 4.69) is 51.7 Å². The van der Waals surface area contributed by atoms with Crippen molar-refractivity contribution in [3.8, 4) is 0 Å². The maximum absolute atomic E-state index is 6.05. The molecule has 0 fully saturated rings. The van der Waals surface area contributed by atoms with Gasteiger partial charge in [0.15, 0.2) is 0 Å². The van der Waals surface area contributed by atoms with E-state index in [1.165, 1.54) is 0 Å². The van der Waals surface area contributed by atoms with Crippen LogP contribution in [0.25, 0.3) is 0 Å². The summed E-state index contributed by atoms with van der Waals surface area (Å²) in [5, 5.41) is 8.58. The Labute approximate surface area is 96.8 Å². The van der Waals surface area contributed by atoms with Crippen molar-refractivity contribution >= 4 is 11.6 Å². The molecule has 0 saturated heterocycles. The van der Waals surface area contributed by atoms with E-state index in [0.29, 0.717) is 5.28 Å². The van der Waals surface area contributed by atoms with Gasteiger partial charge >= 0.3 is 0 Å². The molecule has 0 bridgehead atoms. The molecule has 0 amide bonds. The second-order valence-electron chi connectivity index (χ2n) is 6.19. The number of nitrogens with zero attached hydrogens (tertiary/aromatic N) is 3. The minimum atomic E-state index is -0.0224. The minimum Gasteiger partial charge on any atom is -0.301 e. The summed E-state index contributed by atoms with van der Waals surface area (Å²) in [6, 6.07) is 0. The van der Waals surface area contributed by atoms with Crippen LogP contribution in [0.15, 0.2) is 0 Å². The molecule has 0 aliphatic carbocycles. The lowest BCUT2D eigenvalue weighted by Crippen LogP contribution is -2.24. The van der Waals surface area contributed by atoms with Crippen LogP contribution in [0.3, 0.4) is 0 Å². The molecule has 1 aromatic heterocycles. The molecule has 0 aliphatic rings. The van der Waals surface area contributed by atoms with Gasteiger partial charge in [0, 0.05) is 12.0 Å². The molecule has 86 valence electrons. The molecule has 1 aromatic rings. The lowest BCUT2D eigenvalue weighted by molar-refractivity contribution is 0.327. The van der Waals surface area contributed by atoms with Gasteiger partial charge in [-0.1, -0.05) is 41.5 Å². The Hall–Kier alpha value is -0.570. The molecular weight excluding hydrogens is 210 g/mol. The summed E-state index contributed by atoms with van der Waals surface area (Å²) in [4.78, 5) is 0. The zero-order chi connectivity index (χ0) is 11.9. The predicted octanol–water partition coefficient (Wildman–Crippen LogP) is 3.28. The van der Waals surface area contributed by atoms with E-state index in [0.717, 1.165) is 12.4 Å². The lowest BCUT2D eigenvalue weighted by atomic mass is 9.93. The standard InChI is InChI=1S/C11H20ClN3/c1-10(2,3)7-15-8(11(4,5)6)13-14-9(15)12/h7H2,1-6H3. The second kappa shape index (κ2) is 3.78. The number of aromatic nitrogens is 3. The fourth-order valence-electron chi connectivity index (χ4n) is 1.45. The van der Waals surface area contributed by atoms with Gasteiger partial charge in [0.2, 0.25) is 5.28 Å². The van der Waals surface area contributed by atoms with Crippen LogP contribution in [-0.4, -0.2) is 14.8 Å². The molecule has 0 radical (unpaired) electrons. The minimum absolute atomic E-state index is 0.0224. The van der Waals surface area contributed by atoms with E-state index in [9.17, 15) is 0 Å². The molecule has 1 heterocycles. The van der Waals surface area contributed by atoms with E-state index < -0.39 is 0 Å². The van der Waals surface area contributed by atoms with Crippen molar-refractivity contribution in [2.45, 2.75) is 53.5 Å². The molecule has 0 unspecified atom stereocenters. The van der Waals surface area contributed by atoms with Crippen LogP contribution >= 0.6 is 11.6 Å². The van der Waals surface area contributed by atoms with Crippen LogP contribution in [0.5, 0.6) is 0 Å². The first-order valence-electron chi connectivity index (χ1n) is 5.20. The predicted molar refractivity (Wildman–Crippen MR) is 63.2 cm³/mol. The number of rotatable bonds is 1. The fraction of sp³-hybridized carbons (Fsp3) is 0.818. The van der Waals surface area contributed by atoms with Gasteiger partial charge in [-0.3, -0.25) is 0 Å². The van der Waals surface area contributed by atoms with Crippen LogP contribution in [0, 0.1) is 5.41 Å². The first kappa shape index (κ1) is 12.5. The number of halogens is 1. The van der Waals surface area contributed by atoms with Crippen molar-refractivity contribution in [2.24, 2.45) is 5.41 Å². The highest BCUT2D eigenvalue weighted by atomic mass is 35.5. The maximum Gasteiger partial charge on any atom is 0.225 e. The Morgan fingerprint density at radius 2 is 1.60 bits per heavy atom. The van der Waals surface area contributed by atoms with E-state index in [1.54, 1.807) is 0 Å². The summed E-state index contributed by atoms with van der Waals surface area (Å²) in [5.74, 6) is 0.947. The van der Waals surface area contributed by atoms with Crippen LogP contribution in [0.1, 0.15) is 47.4 Å². The highest BCUT2D eigenvalue weighted by Crippen LogP contribution is 2.26. The smallest absolute Gasteiger partial charge is 0.225 e. The monoisotopic (exact) mass is 229 g/mol. The molecule has 3 nitrogen and oxygen atoms in total. The van der Waals surface area contributed by atoms with E-state index in [1.807, 2.05) is 4.57 Å². The molecule has 4 heteroatoms. The fourth-order valence-corrected chi connectivity index (χ4v) is 1.63. The molecule has 0 aliphatic heterocycles. The highest BCUT2D eigenvalue weighted by Gasteiger charge is 2.25. The van der Waals surface area contributed by atoms with Crippen LogP contribution < -0.4 is 0 Å². The van der Waals surface area contributed by atoms with E-state index in [-0.39, 0.29) is 10.8 Å². The van der Waals surface area contributed by atoms with Crippen molar-refractivity contribution in [3.05, 3.63) is 11.1 Å². The van der Waals surface area contributed by atoms with Gasteiger partial charge in [0.1, 0.15) is 5.82 Å². The van der Waals surface area contributed by atoms with Crippen LogP contribution in [0.2, 0.25) is 5.28 Å². The van der Waals surface area contributed by atoms with Crippen molar-refractivity contribution < 1.29 is 0 Å². The maximum atomic E-state index is 6.05. The summed E-state index contributed by atoms with van der Waals surface area (Å²) < 4.78 is 2.00. The SMILES string of the molecule is CC(C)(C)Cn1c(Cl)nnc1C(C)(C)C. The van der Waals surface area contributed by atoms with Crippen molar-refractivity contribution in [1.29, 1.82) is 0 Å². The van der Waals surface area contributed by atoms with Crippen molar-refractivity contribution in [3.63, 3.8) is 0 Å². The average Bonchev–Trinajstić information content (AvgIpc) is 2.28. The lowest BCUT2D eigenvalue weighted by Gasteiger charge is -2.24. The Balaban J connectivity index is 3.11. The van der Waals surface area contributed by atoms with Gasteiger partial charge < -0.3 is 4.57 Å². The Morgan fingerprint density at radius 1 is 1.07 bits per heavy atom. The van der Waals surface area contributed by atoms with Crippen LogP contribution in [-0.2, 0) is 12.0 Å². The summed E-state index contributed by atoms with van der Waals surface area (Å²) in [6.45, 7) is 13.7. The third-order valence-electron chi connectivity index (χ3n) is 2.01. The molecule has 1 rings (SSSR count). The molecule has 0 N–H and O–H groups in total. The zero-order valence-corrected chi connectivity index (χ0v) is 11.2. The number of hydrogen-bond donors (Lipinski definition) is 0. The van der Waals surface area contributed by atoms with Gasteiger partial charge in [-0.2, -0.15) is 0 Å². The second-order valence-corrected chi connectivity index (χ2v) is 6.53. The molecule has 0 spiro atoms. The Bertz CT molecular complexity index is 342. The Kier molecular flexibility index (Phi) is 3.15. The molecular formula is C11H20ClN3. The third-order valence-corrected chi connectivity index (χ3v) is 2.29. The first-order valence-corrected chi connectivity index (χ1v) is 5.58. The van der Waals surface area contributed by atoms with Crippen molar-refractivity contribution in [2.75, 3.05) is 0 Å². The van der Waals surface area contributed by atoms with E-state index >= 15 is 0 Å². The first-order chi connectivity index (χ1) is 6.61. The molecule has 0 saturated carbocycles. The molecule has 0 aromatic carbocycles. The van der Waals surface area contributed by atoms with Gasteiger partial charge in [-0.15, -0.1) is 10.2 Å². The molecule has 15 heavy (non-hydrogen) atoms. The molecule has 0 atom stereocenters. The summed E-state index contributed by atoms with van der Waals surface area (Å²) in [5.41, 5.74) is 0.150. The highest BCUT2D eigenvalue weighted by molar-refractivity contribution is 6.28. The summed E-state index contributed by atoms with van der Waals surface area (Å²) in [6.07, 6.45) is 0. The van der Waals surface area contributed by atoms with Gasteiger partial charge in [-0.05, 0) is 17.0 Å². The van der Waals surface area contributed by atoms with E-state index in [4.69, 9.17) is 11.6 Å². The quantitative estimate of drug-likeness (QED) is 0.740. The summed E-state index contributed by atoms with van der Waals surface area (Å²) >= 11 is 6.05.